The molecule has 6 aliphatic rings. The highest BCUT2D eigenvalue weighted by atomic mass is 19.1. The molecule has 4 saturated heterocycles. The predicted octanol–water partition coefficient (Wildman–Crippen LogP) is 5.50. The summed E-state index contributed by atoms with van der Waals surface area (Å²) in [6.07, 6.45) is 6.92. The first-order valence-corrected chi connectivity index (χ1v) is 17.5. The van der Waals surface area contributed by atoms with Crippen LogP contribution in [0.5, 0.6) is 11.6 Å². The summed E-state index contributed by atoms with van der Waals surface area (Å²) in [6, 6.07) is 10.0. The van der Waals surface area contributed by atoms with Gasteiger partial charge in [0.1, 0.15) is 36.0 Å². The van der Waals surface area contributed by atoms with Crippen LogP contribution in [0.25, 0.3) is 10.8 Å². The Balaban J connectivity index is 1.17. The van der Waals surface area contributed by atoms with Crippen LogP contribution in [0.3, 0.4) is 0 Å². The van der Waals surface area contributed by atoms with E-state index in [1.54, 1.807) is 18.2 Å². The third-order valence-corrected chi connectivity index (χ3v) is 12.2. The van der Waals surface area contributed by atoms with Gasteiger partial charge in [-0.15, -0.1) is 0 Å². The van der Waals surface area contributed by atoms with E-state index in [4.69, 9.17) is 9.72 Å². The lowest BCUT2D eigenvalue weighted by Gasteiger charge is -2.43. The molecule has 2 aromatic carbocycles. The molecule has 3 aromatic rings. The van der Waals surface area contributed by atoms with Crippen molar-refractivity contribution >= 4 is 22.1 Å². The van der Waals surface area contributed by atoms with E-state index in [9.17, 15) is 14.8 Å². The molecule has 2 bridgehead atoms. The molecular weight excluding hydrogens is 598 g/mol. The molecule has 0 radical (unpaired) electrons. The van der Waals surface area contributed by atoms with Crippen molar-refractivity contribution in [2.24, 2.45) is 0 Å². The van der Waals surface area contributed by atoms with Gasteiger partial charge < -0.3 is 25.0 Å². The minimum atomic E-state index is -0.865. The number of aromatic nitrogens is 1. The SMILES string of the molecule is CCc1c(F)ccc2cc(O)cc(N3Cc4nc(OC[C@@]56CCCN5C[C@H](F)C6)c(C#N)c(N5CC6CCC(C5)N6)c4CC34CC4)c12. The fourth-order valence-corrected chi connectivity index (χ4v) is 9.85. The lowest BCUT2D eigenvalue weighted by atomic mass is 9.89. The molecule has 1 spiro atoms. The number of phenols is 1. The number of nitrogens with one attached hydrogen (secondary N) is 1. The summed E-state index contributed by atoms with van der Waals surface area (Å²) in [5, 5.41) is 27.0. The van der Waals surface area contributed by atoms with Gasteiger partial charge >= 0.3 is 0 Å². The minimum Gasteiger partial charge on any atom is -0.508 e. The topological polar surface area (TPSA) is 87.9 Å². The second kappa shape index (κ2) is 10.7. The van der Waals surface area contributed by atoms with Crippen molar-refractivity contribution in [1.29, 1.82) is 5.26 Å². The van der Waals surface area contributed by atoms with Crippen LogP contribution >= 0.6 is 0 Å². The normalized spacial score (nSPS) is 28.9. The minimum absolute atomic E-state index is 0.152. The number of alkyl halides is 1. The van der Waals surface area contributed by atoms with Gasteiger partial charge in [0, 0.05) is 66.4 Å². The van der Waals surface area contributed by atoms with E-state index < -0.39 is 6.17 Å². The van der Waals surface area contributed by atoms with Crippen molar-refractivity contribution < 1.29 is 18.6 Å². The first kappa shape index (κ1) is 29.5. The average molecular weight is 641 g/mol. The van der Waals surface area contributed by atoms with Crippen LogP contribution in [0.1, 0.15) is 74.3 Å². The third kappa shape index (κ3) is 4.60. The van der Waals surface area contributed by atoms with E-state index in [0.29, 0.717) is 68.0 Å². The molecule has 47 heavy (non-hydrogen) atoms. The molecule has 246 valence electrons. The zero-order valence-electron chi connectivity index (χ0n) is 27.0. The molecule has 9 rings (SSSR count). The lowest BCUT2D eigenvalue weighted by molar-refractivity contribution is 0.110. The number of halogens is 2. The molecule has 1 aliphatic carbocycles. The van der Waals surface area contributed by atoms with E-state index in [2.05, 4.69) is 26.1 Å². The number of fused-ring (bicyclic) bond motifs is 5. The standard InChI is InChI=1S/C37H42F2N6O2/c1-2-27-30(39)7-4-22-12-26(46)13-32(33(22)27)45-20-31-28(15-36(45)9-10-36)34(43-18-24-5-6-25(19-43)41-24)29(16-40)35(42-31)47-21-37-8-3-11-44(37)17-23(38)14-37/h4,7,12-13,23-25,41,46H,2-3,5-6,8-11,14-15,17-21H2,1H3/t23-,24?,25?,37+/m1/s1. The number of hydrogen-bond acceptors (Lipinski definition) is 8. The quantitative estimate of drug-likeness (QED) is 0.365. The smallest absolute Gasteiger partial charge is 0.234 e. The monoisotopic (exact) mass is 640 g/mol. The number of anilines is 2. The molecule has 2 unspecified atom stereocenters. The third-order valence-electron chi connectivity index (χ3n) is 12.2. The van der Waals surface area contributed by atoms with Crippen molar-refractivity contribution in [3.63, 3.8) is 0 Å². The first-order chi connectivity index (χ1) is 22.8. The van der Waals surface area contributed by atoms with Gasteiger partial charge in [0.25, 0.3) is 0 Å². The van der Waals surface area contributed by atoms with E-state index in [1.807, 2.05) is 6.92 Å². The fraction of sp³-hybridized carbons (Fsp3) is 0.568. The van der Waals surface area contributed by atoms with E-state index in [1.165, 1.54) is 6.07 Å². The number of nitriles is 1. The van der Waals surface area contributed by atoms with Crippen molar-refractivity contribution in [3.8, 4) is 17.7 Å². The number of phenolic OH excluding ortho intramolecular Hbond substituents is 1. The van der Waals surface area contributed by atoms with Gasteiger partial charge in [-0.3, -0.25) is 4.90 Å². The van der Waals surface area contributed by atoms with E-state index in [-0.39, 0.29) is 22.6 Å². The molecule has 1 aromatic heterocycles. The van der Waals surface area contributed by atoms with Gasteiger partial charge in [-0.05, 0) is 81.0 Å². The Labute approximate surface area is 274 Å². The maximum absolute atomic E-state index is 15.2. The number of aromatic hydroxyl groups is 1. The molecule has 5 fully saturated rings. The second-order valence-corrected chi connectivity index (χ2v) is 15.0. The predicted molar refractivity (Wildman–Crippen MR) is 176 cm³/mol. The lowest BCUT2D eigenvalue weighted by Crippen LogP contribution is -2.52. The Bertz CT molecular complexity index is 1810. The van der Waals surface area contributed by atoms with E-state index >= 15 is 4.39 Å². The summed E-state index contributed by atoms with van der Waals surface area (Å²) < 4.78 is 36.5. The molecule has 0 amide bonds. The molecule has 8 nitrogen and oxygen atoms in total. The van der Waals surface area contributed by atoms with Crippen LogP contribution in [0.15, 0.2) is 24.3 Å². The molecule has 2 N–H and O–H groups in total. The first-order valence-electron chi connectivity index (χ1n) is 17.5. The summed E-state index contributed by atoms with van der Waals surface area (Å²) in [5.74, 6) is 0.253. The molecule has 10 heteroatoms. The highest BCUT2D eigenvalue weighted by Gasteiger charge is 2.54. The summed E-state index contributed by atoms with van der Waals surface area (Å²) >= 11 is 0. The van der Waals surface area contributed by atoms with Crippen LogP contribution in [-0.4, -0.2) is 77.1 Å². The molecule has 4 atom stereocenters. The Morgan fingerprint density at radius 2 is 1.96 bits per heavy atom. The van der Waals surface area contributed by atoms with Gasteiger partial charge in [0.2, 0.25) is 5.88 Å². The van der Waals surface area contributed by atoms with Crippen molar-refractivity contribution in [2.75, 3.05) is 42.6 Å². The Hall–Kier alpha value is -3.68. The zero-order chi connectivity index (χ0) is 32.1. The average Bonchev–Trinajstić information content (AvgIpc) is 3.42. The molecule has 1 saturated carbocycles. The summed E-state index contributed by atoms with van der Waals surface area (Å²) in [5.41, 5.74) is 4.33. The Kier molecular flexibility index (Phi) is 6.68. The van der Waals surface area contributed by atoms with Gasteiger partial charge in [-0.25, -0.2) is 13.8 Å². The summed E-state index contributed by atoms with van der Waals surface area (Å²) in [6.45, 7) is 5.71. The van der Waals surface area contributed by atoms with Crippen molar-refractivity contribution in [2.45, 2.75) is 101 Å². The van der Waals surface area contributed by atoms with Crippen LogP contribution in [0.4, 0.5) is 20.2 Å². The van der Waals surface area contributed by atoms with Gasteiger partial charge in [0.05, 0.1) is 23.5 Å². The van der Waals surface area contributed by atoms with E-state index in [0.717, 1.165) is 91.6 Å². The van der Waals surface area contributed by atoms with Crippen molar-refractivity contribution in [1.82, 2.24) is 15.2 Å². The maximum atomic E-state index is 15.2. The molecule has 6 heterocycles. The van der Waals surface area contributed by atoms with Gasteiger partial charge in [-0.1, -0.05) is 13.0 Å². The number of pyridine rings is 1. The summed E-state index contributed by atoms with van der Waals surface area (Å²) in [7, 11) is 0. The Morgan fingerprint density at radius 3 is 2.70 bits per heavy atom. The zero-order valence-corrected chi connectivity index (χ0v) is 27.0. The van der Waals surface area contributed by atoms with Crippen LogP contribution < -0.4 is 19.9 Å². The second-order valence-electron chi connectivity index (χ2n) is 15.0. The number of nitrogens with zero attached hydrogens (tertiary/aromatic N) is 5. The number of benzene rings is 2. The highest BCUT2D eigenvalue weighted by molar-refractivity contribution is 5.99. The van der Waals surface area contributed by atoms with Crippen LogP contribution in [0, 0.1) is 17.1 Å². The molecule has 5 aliphatic heterocycles. The molecular formula is C37H42F2N6O2. The Morgan fingerprint density at radius 1 is 1.15 bits per heavy atom. The largest absolute Gasteiger partial charge is 0.508 e. The fourth-order valence-electron chi connectivity index (χ4n) is 9.85. The van der Waals surface area contributed by atoms with Crippen LogP contribution in [-0.2, 0) is 19.4 Å². The summed E-state index contributed by atoms with van der Waals surface area (Å²) in [4.78, 5) is 12.1. The highest BCUT2D eigenvalue weighted by Crippen LogP contribution is 2.55. The van der Waals surface area contributed by atoms with Crippen molar-refractivity contribution in [3.05, 3.63) is 52.5 Å². The number of rotatable bonds is 6. The number of aryl methyl sites for hydroxylation is 1. The maximum Gasteiger partial charge on any atom is 0.234 e. The van der Waals surface area contributed by atoms with Gasteiger partial charge in [0.15, 0.2) is 0 Å². The number of piperazine rings is 1. The van der Waals surface area contributed by atoms with Crippen LogP contribution in [0.2, 0.25) is 0 Å². The number of ether oxygens (including phenoxy) is 1. The van der Waals surface area contributed by atoms with Gasteiger partial charge in [-0.2, -0.15) is 5.26 Å². The number of hydrogen-bond donors (Lipinski definition) is 2.